The van der Waals surface area contributed by atoms with Crippen molar-refractivity contribution in [2.45, 2.75) is 88.3 Å². The molecule has 1 aromatic heterocycles. The first kappa shape index (κ1) is 18.5. The Kier molecular flexibility index (Phi) is 5.36. The second kappa shape index (κ2) is 8.10. The van der Waals surface area contributed by atoms with Gasteiger partial charge in [0.05, 0.1) is 11.9 Å². The van der Waals surface area contributed by atoms with Gasteiger partial charge in [-0.15, -0.1) is 0 Å². The maximum atomic E-state index is 6.23. The SMILES string of the molecule is c1coc(CCN=C(NC2CCOC3(CCCC3)C2)NC2CC3CCC2C3)c1. The molecule has 5 heteroatoms. The standard InChI is InChI=1S/C23H35N3O2/c1-2-10-23(9-1)16-19(8-13-28-23)25-22(24-11-7-20-4-3-12-27-20)26-21-15-17-5-6-18(21)14-17/h3-4,12,17-19,21H,1-2,5-11,13-16H2,(H2,24,25,26). The predicted octanol–water partition coefficient (Wildman–Crippen LogP) is 4.04. The highest BCUT2D eigenvalue weighted by Crippen LogP contribution is 2.44. The summed E-state index contributed by atoms with van der Waals surface area (Å²) in [7, 11) is 0. The molecule has 2 N–H and O–H groups in total. The highest BCUT2D eigenvalue weighted by atomic mass is 16.5. The van der Waals surface area contributed by atoms with Crippen molar-refractivity contribution in [1.82, 2.24) is 10.6 Å². The van der Waals surface area contributed by atoms with E-state index in [0.29, 0.717) is 12.1 Å². The lowest BCUT2D eigenvalue weighted by Crippen LogP contribution is -2.53. The fraction of sp³-hybridized carbons (Fsp3) is 0.783. The third-order valence-electron chi connectivity index (χ3n) is 7.62. The number of furan rings is 1. The van der Waals surface area contributed by atoms with E-state index in [4.69, 9.17) is 14.1 Å². The quantitative estimate of drug-likeness (QED) is 0.593. The molecule has 1 saturated heterocycles. The Labute approximate surface area is 168 Å². The van der Waals surface area contributed by atoms with Gasteiger partial charge in [-0.3, -0.25) is 4.99 Å². The van der Waals surface area contributed by atoms with Gasteiger partial charge in [0.1, 0.15) is 5.76 Å². The summed E-state index contributed by atoms with van der Waals surface area (Å²) >= 11 is 0. The van der Waals surface area contributed by atoms with E-state index in [1.165, 1.54) is 51.4 Å². The lowest BCUT2D eigenvalue weighted by Gasteiger charge is -2.39. The van der Waals surface area contributed by atoms with Crippen molar-refractivity contribution in [3.8, 4) is 0 Å². The minimum Gasteiger partial charge on any atom is -0.469 e. The predicted molar refractivity (Wildman–Crippen MR) is 110 cm³/mol. The molecular formula is C23H35N3O2. The summed E-state index contributed by atoms with van der Waals surface area (Å²) in [6, 6.07) is 5.07. The number of guanidine groups is 1. The molecule has 0 amide bonds. The van der Waals surface area contributed by atoms with Gasteiger partial charge in [0.15, 0.2) is 5.96 Å². The fourth-order valence-electron chi connectivity index (χ4n) is 6.17. The molecule has 154 valence electrons. The molecule has 4 unspecified atom stereocenters. The lowest BCUT2D eigenvalue weighted by molar-refractivity contribution is -0.0815. The summed E-state index contributed by atoms with van der Waals surface area (Å²) in [6.45, 7) is 1.64. The van der Waals surface area contributed by atoms with Crippen molar-refractivity contribution < 1.29 is 9.15 Å². The van der Waals surface area contributed by atoms with Crippen LogP contribution in [0.2, 0.25) is 0 Å². The van der Waals surface area contributed by atoms with E-state index in [1.54, 1.807) is 6.26 Å². The number of aliphatic imine (C=N–C) groups is 1. The van der Waals surface area contributed by atoms with E-state index >= 15 is 0 Å². The number of nitrogens with one attached hydrogen (secondary N) is 2. The smallest absolute Gasteiger partial charge is 0.191 e. The van der Waals surface area contributed by atoms with Crippen molar-refractivity contribution in [2.24, 2.45) is 16.8 Å². The molecule has 1 spiro atoms. The van der Waals surface area contributed by atoms with Crippen LogP contribution in [-0.2, 0) is 11.2 Å². The van der Waals surface area contributed by atoms with Crippen molar-refractivity contribution in [1.29, 1.82) is 0 Å². The number of fused-ring (bicyclic) bond motifs is 2. The van der Waals surface area contributed by atoms with E-state index in [-0.39, 0.29) is 5.60 Å². The second-order valence-corrected chi connectivity index (χ2v) is 9.56. The molecule has 2 heterocycles. The number of hydrogen-bond acceptors (Lipinski definition) is 3. The largest absolute Gasteiger partial charge is 0.469 e. The molecule has 1 aliphatic heterocycles. The molecule has 0 aromatic carbocycles. The average molecular weight is 386 g/mol. The van der Waals surface area contributed by atoms with E-state index in [9.17, 15) is 0 Å². The summed E-state index contributed by atoms with van der Waals surface area (Å²) in [5.74, 6) is 3.82. The van der Waals surface area contributed by atoms with Gasteiger partial charge in [-0.1, -0.05) is 19.3 Å². The Balaban J connectivity index is 1.23. The van der Waals surface area contributed by atoms with E-state index < -0.39 is 0 Å². The van der Waals surface area contributed by atoms with Gasteiger partial charge in [0, 0.05) is 31.7 Å². The van der Waals surface area contributed by atoms with Crippen LogP contribution < -0.4 is 10.6 Å². The summed E-state index contributed by atoms with van der Waals surface area (Å²) < 4.78 is 11.7. The monoisotopic (exact) mass is 385 g/mol. The minimum absolute atomic E-state index is 0.140. The van der Waals surface area contributed by atoms with Crippen LogP contribution in [0.3, 0.4) is 0 Å². The van der Waals surface area contributed by atoms with Crippen molar-refractivity contribution >= 4 is 5.96 Å². The molecule has 28 heavy (non-hydrogen) atoms. The van der Waals surface area contributed by atoms with Crippen LogP contribution in [0.5, 0.6) is 0 Å². The molecule has 4 aliphatic rings. The topological polar surface area (TPSA) is 58.8 Å². The van der Waals surface area contributed by atoms with Gasteiger partial charge in [0.25, 0.3) is 0 Å². The summed E-state index contributed by atoms with van der Waals surface area (Å²) in [4.78, 5) is 4.95. The Bertz CT molecular complexity index is 665. The van der Waals surface area contributed by atoms with Gasteiger partial charge in [-0.05, 0) is 68.9 Å². The van der Waals surface area contributed by atoms with Crippen LogP contribution in [-0.4, -0.2) is 36.8 Å². The maximum Gasteiger partial charge on any atom is 0.191 e. The first-order chi connectivity index (χ1) is 13.8. The highest BCUT2D eigenvalue weighted by Gasteiger charge is 2.42. The zero-order valence-electron chi connectivity index (χ0n) is 17.0. The van der Waals surface area contributed by atoms with Gasteiger partial charge in [0.2, 0.25) is 0 Å². The van der Waals surface area contributed by atoms with Gasteiger partial charge in [-0.25, -0.2) is 0 Å². The third-order valence-corrected chi connectivity index (χ3v) is 7.62. The minimum atomic E-state index is 0.140. The number of ether oxygens (including phenoxy) is 1. The first-order valence-corrected chi connectivity index (χ1v) is 11.5. The fourth-order valence-corrected chi connectivity index (χ4v) is 6.17. The molecule has 3 aliphatic carbocycles. The van der Waals surface area contributed by atoms with Crippen LogP contribution in [0.15, 0.2) is 27.8 Å². The van der Waals surface area contributed by atoms with Crippen LogP contribution >= 0.6 is 0 Å². The van der Waals surface area contributed by atoms with Crippen LogP contribution in [0, 0.1) is 11.8 Å². The van der Waals surface area contributed by atoms with E-state index in [1.807, 2.05) is 12.1 Å². The molecular weight excluding hydrogens is 350 g/mol. The van der Waals surface area contributed by atoms with Gasteiger partial charge >= 0.3 is 0 Å². The highest BCUT2D eigenvalue weighted by molar-refractivity contribution is 5.80. The second-order valence-electron chi connectivity index (χ2n) is 9.56. The molecule has 4 atom stereocenters. The molecule has 3 saturated carbocycles. The normalized spacial score (nSPS) is 34.2. The molecule has 2 bridgehead atoms. The zero-order valence-corrected chi connectivity index (χ0v) is 17.0. The number of hydrogen-bond donors (Lipinski definition) is 2. The third kappa shape index (κ3) is 4.10. The first-order valence-electron chi connectivity index (χ1n) is 11.5. The number of nitrogens with zero attached hydrogens (tertiary/aromatic N) is 1. The maximum absolute atomic E-state index is 6.23. The van der Waals surface area contributed by atoms with Crippen LogP contribution in [0.4, 0.5) is 0 Å². The van der Waals surface area contributed by atoms with Crippen LogP contribution in [0.25, 0.3) is 0 Å². The Morgan fingerprint density at radius 3 is 2.82 bits per heavy atom. The summed E-state index contributed by atoms with van der Waals surface area (Å²) in [6.07, 6.45) is 15.5. The Morgan fingerprint density at radius 1 is 1.14 bits per heavy atom. The molecule has 4 fully saturated rings. The van der Waals surface area contributed by atoms with Crippen LogP contribution in [0.1, 0.15) is 70.0 Å². The Morgan fingerprint density at radius 2 is 2.07 bits per heavy atom. The lowest BCUT2D eigenvalue weighted by atomic mass is 9.89. The average Bonchev–Trinajstić information content (AvgIpc) is 3.48. The summed E-state index contributed by atoms with van der Waals surface area (Å²) in [5, 5.41) is 7.62. The molecule has 5 nitrogen and oxygen atoms in total. The van der Waals surface area contributed by atoms with Gasteiger partial charge in [-0.2, -0.15) is 0 Å². The van der Waals surface area contributed by atoms with Gasteiger partial charge < -0.3 is 19.8 Å². The number of rotatable bonds is 5. The molecule has 1 aromatic rings. The van der Waals surface area contributed by atoms with E-state index in [2.05, 4.69) is 10.6 Å². The molecule has 5 rings (SSSR count). The summed E-state index contributed by atoms with van der Waals surface area (Å²) in [5.41, 5.74) is 0.140. The Hall–Kier alpha value is -1.49. The van der Waals surface area contributed by atoms with Crippen molar-refractivity contribution in [2.75, 3.05) is 13.2 Å². The van der Waals surface area contributed by atoms with Crippen molar-refractivity contribution in [3.05, 3.63) is 24.2 Å². The molecule has 0 radical (unpaired) electrons. The van der Waals surface area contributed by atoms with E-state index in [0.717, 1.165) is 56.0 Å². The zero-order chi connectivity index (χ0) is 18.8. The van der Waals surface area contributed by atoms with Crippen molar-refractivity contribution in [3.63, 3.8) is 0 Å².